The SMILES string of the molecule is O=S(=O)(NCCSc1nnc(C2CC2)n1-c1ccccc1)c1ccccc1. The number of nitrogens with one attached hydrogen (secondary N) is 1. The van der Waals surface area contributed by atoms with Crippen LogP contribution in [-0.2, 0) is 10.0 Å². The van der Waals surface area contributed by atoms with Crippen LogP contribution >= 0.6 is 11.8 Å². The summed E-state index contributed by atoms with van der Waals surface area (Å²) in [6, 6.07) is 18.4. The number of hydrogen-bond acceptors (Lipinski definition) is 5. The maximum absolute atomic E-state index is 12.3. The Bertz CT molecular complexity index is 1000. The van der Waals surface area contributed by atoms with Crippen molar-refractivity contribution in [3.63, 3.8) is 0 Å². The van der Waals surface area contributed by atoms with Gasteiger partial charge in [0, 0.05) is 23.9 Å². The normalized spacial score (nSPS) is 14.4. The van der Waals surface area contributed by atoms with Gasteiger partial charge in [-0.3, -0.25) is 4.57 Å². The molecule has 1 aliphatic carbocycles. The Morgan fingerprint density at radius 1 is 1.00 bits per heavy atom. The number of para-hydroxylation sites is 1. The fraction of sp³-hybridized carbons (Fsp3) is 0.263. The Balaban J connectivity index is 1.43. The number of benzene rings is 2. The molecule has 6 nitrogen and oxygen atoms in total. The second-order valence-corrected chi connectivity index (χ2v) is 9.17. The third-order valence-corrected chi connectivity index (χ3v) is 6.70. The minimum absolute atomic E-state index is 0.276. The molecule has 0 spiro atoms. The van der Waals surface area contributed by atoms with Crippen molar-refractivity contribution in [2.75, 3.05) is 12.3 Å². The van der Waals surface area contributed by atoms with Crippen LogP contribution in [0.3, 0.4) is 0 Å². The van der Waals surface area contributed by atoms with Crippen LogP contribution in [0.2, 0.25) is 0 Å². The van der Waals surface area contributed by atoms with Gasteiger partial charge < -0.3 is 0 Å². The van der Waals surface area contributed by atoms with Gasteiger partial charge in [-0.05, 0) is 37.1 Å². The van der Waals surface area contributed by atoms with Gasteiger partial charge in [0.2, 0.25) is 10.0 Å². The van der Waals surface area contributed by atoms with Crippen LogP contribution in [0.15, 0.2) is 70.7 Å². The molecule has 0 saturated heterocycles. The van der Waals surface area contributed by atoms with E-state index in [9.17, 15) is 8.42 Å². The first-order valence-electron chi connectivity index (χ1n) is 8.83. The van der Waals surface area contributed by atoms with Crippen molar-refractivity contribution in [2.45, 2.75) is 28.8 Å². The molecule has 1 saturated carbocycles. The van der Waals surface area contributed by atoms with Crippen molar-refractivity contribution >= 4 is 21.8 Å². The molecule has 0 unspecified atom stereocenters. The first-order valence-corrected chi connectivity index (χ1v) is 11.3. The molecule has 4 rings (SSSR count). The van der Waals surface area contributed by atoms with Gasteiger partial charge in [0.15, 0.2) is 5.16 Å². The van der Waals surface area contributed by atoms with Gasteiger partial charge in [0.05, 0.1) is 4.90 Å². The lowest BCUT2D eigenvalue weighted by Gasteiger charge is -2.10. The van der Waals surface area contributed by atoms with Crippen LogP contribution < -0.4 is 4.72 Å². The van der Waals surface area contributed by atoms with Crippen molar-refractivity contribution in [3.05, 3.63) is 66.5 Å². The molecule has 0 radical (unpaired) electrons. The van der Waals surface area contributed by atoms with Gasteiger partial charge in [-0.2, -0.15) is 0 Å². The van der Waals surface area contributed by atoms with Crippen LogP contribution in [0.4, 0.5) is 0 Å². The standard InChI is InChI=1S/C19H20N4O2S2/c24-27(25,17-9-5-2-6-10-17)20-13-14-26-19-22-21-18(15-11-12-15)23(19)16-7-3-1-4-8-16/h1-10,15,20H,11-14H2. The first kappa shape index (κ1) is 18.2. The van der Waals surface area contributed by atoms with Crippen LogP contribution in [0.25, 0.3) is 5.69 Å². The molecule has 27 heavy (non-hydrogen) atoms. The van der Waals surface area contributed by atoms with Crippen molar-refractivity contribution < 1.29 is 8.42 Å². The van der Waals surface area contributed by atoms with Crippen LogP contribution in [0, 0.1) is 0 Å². The molecule has 1 heterocycles. The van der Waals surface area contributed by atoms with Gasteiger partial charge in [0.25, 0.3) is 0 Å². The van der Waals surface area contributed by atoms with E-state index in [0.29, 0.717) is 18.2 Å². The Morgan fingerprint density at radius 2 is 1.67 bits per heavy atom. The van der Waals surface area contributed by atoms with E-state index in [1.165, 1.54) is 11.8 Å². The molecule has 8 heteroatoms. The minimum Gasteiger partial charge on any atom is -0.274 e. The largest absolute Gasteiger partial charge is 0.274 e. The monoisotopic (exact) mass is 400 g/mol. The lowest BCUT2D eigenvalue weighted by atomic mass is 10.3. The molecule has 0 bridgehead atoms. The second kappa shape index (κ2) is 7.84. The van der Waals surface area contributed by atoms with Gasteiger partial charge >= 0.3 is 0 Å². The number of sulfonamides is 1. The van der Waals surface area contributed by atoms with E-state index in [-0.39, 0.29) is 4.90 Å². The minimum atomic E-state index is -3.48. The summed E-state index contributed by atoms with van der Waals surface area (Å²) >= 11 is 1.51. The highest BCUT2D eigenvalue weighted by molar-refractivity contribution is 7.99. The quantitative estimate of drug-likeness (QED) is 0.464. The summed E-state index contributed by atoms with van der Waals surface area (Å²) in [6.45, 7) is 0.322. The van der Waals surface area contributed by atoms with E-state index in [0.717, 1.165) is 29.5 Å². The molecule has 2 aromatic carbocycles. The summed E-state index contributed by atoms with van der Waals surface area (Å²) in [6.07, 6.45) is 2.29. The predicted octanol–water partition coefficient (Wildman–Crippen LogP) is 3.22. The van der Waals surface area contributed by atoms with Gasteiger partial charge in [-0.25, -0.2) is 13.1 Å². The van der Waals surface area contributed by atoms with Gasteiger partial charge in [0.1, 0.15) is 5.82 Å². The maximum atomic E-state index is 12.3. The summed E-state index contributed by atoms with van der Waals surface area (Å²) in [7, 11) is -3.48. The van der Waals surface area contributed by atoms with E-state index in [1.807, 2.05) is 30.3 Å². The predicted molar refractivity (Wildman–Crippen MR) is 106 cm³/mol. The summed E-state index contributed by atoms with van der Waals surface area (Å²) in [4.78, 5) is 0.276. The third-order valence-electron chi connectivity index (χ3n) is 4.29. The molecule has 1 N–H and O–H groups in total. The first-order chi connectivity index (χ1) is 13.1. The summed E-state index contributed by atoms with van der Waals surface area (Å²) in [5.74, 6) is 2.04. The number of thioether (sulfide) groups is 1. The van der Waals surface area contributed by atoms with Gasteiger partial charge in [-0.15, -0.1) is 10.2 Å². The number of rotatable bonds is 8. The molecular weight excluding hydrogens is 380 g/mol. The van der Waals surface area contributed by atoms with E-state index < -0.39 is 10.0 Å². The van der Waals surface area contributed by atoms with Crippen molar-refractivity contribution in [2.24, 2.45) is 0 Å². The summed E-state index contributed by atoms with van der Waals surface area (Å²) < 4.78 is 29.3. The zero-order valence-corrected chi connectivity index (χ0v) is 16.3. The van der Waals surface area contributed by atoms with Crippen LogP contribution in [0.5, 0.6) is 0 Å². The fourth-order valence-electron chi connectivity index (χ4n) is 2.80. The molecular formula is C19H20N4O2S2. The van der Waals surface area contributed by atoms with E-state index >= 15 is 0 Å². The molecule has 0 aliphatic heterocycles. The van der Waals surface area contributed by atoms with E-state index in [1.54, 1.807) is 30.3 Å². The molecule has 0 atom stereocenters. The highest BCUT2D eigenvalue weighted by atomic mass is 32.2. The Morgan fingerprint density at radius 3 is 2.33 bits per heavy atom. The Kier molecular flexibility index (Phi) is 5.29. The summed E-state index contributed by atoms with van der Waals surface area (Å²) in [5.41, 5.74) is 1.04. The second-order valence-electron chi connectivity index (χ2n) is 6.35. The topological polar surface area (TPSA) is 76.9 Å². The Hall–Kier alpha value is -2.16. The number of nitrogens with zero attached hydrogens (tertiary/aromatic N) is 3. The smallest absolute Gasteiger partial charge is 0.240 e. The molecule has 0 amide bonds. The van der Waals surface area contributed by atoms with E-state index in [4.69, 9.17) is 0 Å². The lowest BCUT2D eigenvalue weighted by Crippen LogP contribution is -2.26. The highest BCUT2D eigenvalue weighted by Crippen LogP contribution is 2.41. The average molecular weight is 401 g/mol. The molecule has 1 aromatic heterocycles. The van der Waals surface area contributed by atoms with Crippen molar-refractivity contribution in [1.82, 2.24) is 19.5 Å². The fourth-order valence-corrected chi connectivity index (χ4v) is 4.80. The zero-order chi connectivity index (χ0) is 18.7. The van der Waals surface area contributed by atoms with E-state index in [2.05, 4.69) is 19.5 Å². The maximum Gasteiger partial charge on any atom is 0.240 e. The van der Waals surface area contributed by atoms with Crippen molar-refractivity contribution in [3.8, 4) is 5.69 Å². The third kappa shape index (κ3) is 4.23. The lowest BCUT2D eigenvalue weighted by molar-refractivity contribution is 0.584. The van der Waals surface area contributed by atoms with Crippen molar-refractivity contribution in [1.29, 1.82) is 0 Å². The Labute approximate surface area is 163 Å². The highest BCUT2D eigenvalue weighted by Gasteiger charge is 2.31. The molecule has 140 valence electrons. The molecule has 1 fully saturated rings. The molecule has 1 aliphatic rings. The number of hydrogen-bond donors (Lipinski definition) is 1. The van der Waals surface area contributed by atoms with Crippen LogP contribution in [-0.4, -0.2) is 35.5 Å². The number of aromatic nitrogens is 3. The summed E-state index contributed by atoms with van der Waals surface area (Å²) in [5, 5.41) is 9.52. The van der Waals surface area contributed by atoms with Gasteiger partial charge in [-0.1, -0.05) is 48.2 Å². The average Bonchev–Trinajstić information content (AvgIpc) is 3.46. The molecule has 3 aromatic rings. The van der Waals surface area contributed by atoms with Crippen LogP contribution in [0.1, 0.15) is 24.6 Å². The zero-order valence-electron chi connectivity index (χ0n) is 14.7.